The molecule has 244 valence electrons. The first-order valence-corrected chi connectivity index (χ1v) is 16.0. The van der Waals surface area contributed by atoms with Crippen LogP contribution in [0.4, 0.5) is 15.8 Å². The number of aliphatic hydroxyl groups is 1. The number of β-amino-alcohol motifs (C(OH)–C–C–N with tert-alkyl or cyclic N) is 1. The van der Waals surface area contributed by atoms with Gasteiger partial charge < -0.3 is 21.1 Å². The molecule has 4 N–H and O–H groups in total. The highest BCUT2D eigenvalue weighted by Gasteiger charge is 2.22. The summed E-state index contributed by atoms with van der Waals surface area (Å²) in [6.45, 7) is 8.96. The largest absolute Gasteiger partial charge is 0.392 e. The second kappa shape index (κ2) is 14.9. The number of aromatic nitrogens is 4. The fourth-order valence-corrected chi connectivity index (χ4v) is 5.50. The van der Waals surface area contributed by atoms with E-state index in [2.05, 4.69) is 44.2 Å². The van der Waals surface area contributed by atoms with Crippen molar-refractivity contribution in [1.82, 2.24) is 25.3 Å². The zero-order chi connectivity index (χ0) is 34.5. The van der Waals surface area contributed by atoms with Crippen molar-refractivity contribution in [3.05, 3.63) is 112 Å². The summed E-state index contributed by atoms with van der Waals surface area (Å²) >= 11 is 6.80. The summed E-state index contributed by atoms with van der Waals surface area (Å²) in [6.07, 6.45) is 3.72. The molecule has 9 nitrogen and oxygen atoms in total. The van der Waals surface area contributed by atoms with Crippen LogP contribution in [0.5, 0.6) is 0 Å². The number of fused-ring (bicyclic) bond motifs is 1. The molecule has 0 amide bonds. The van der Waals surface area contributed by atoms with Crippen LogP contribution in [-0.4, -0.2) is 43.3 Å². The van der Waals surface area contributed by atoms with Crippen LogP contribution in [0.2, 0.25) is 5.02 Å². The Balaban J connectivity index is 1.51. The molecule has 3 aromatic carbocycles. The lowest BCUT2D eigenvalue weighted by molar-refractivity contribution is 0.144. The number of aliphatic hydroxyl groups excluding tert-OH is 1. The van der Waals surface area contributed by atoms with Gasteiger partial charge in [-0.15, -0.1) is 5.10 Å². The van der Waals surface area contributed by atoms with Crippen molar-refractivity contribution in [2.24, 2.45) is 0 Å². The van der Waals surface area contributed by atoms with Gasteiger partial charge in [-0.2, -0.15) is 5.26 Å². The lowest BCUT2D eigenvalue weighted by atomic mass is 10.0. The molecule has 5 rings (SSSR count). The second-order valence-corrected chi connectivity index (χ2v) is 12.9. The topological polar surface area (TPSA) is 124 Å². The molecule has 0 aliphatic heterocycles. The van der Waals surface area contributed by atoms with Crippen LogP contribution >= 0.6 is 11.6 Å². The fourth-order valence-electron chi connectivity index (χ4n) is 5.23. The zero-order valence-corrected chi connectivity index (χ0v) is 27.7. The number of hydrogen-bond acceptors (Lipinski definition) is 8. The molecule has 3 atom stereocenters. The quantitative estimate of drug-likeness (QED) is 0.104. The van der Waals surface area contributed by atoms with E-state index in [1.165, 1.54) is 30.5 Å². The number of nitrogens with zero attached hydrogens (tertiary/aromatic N) is 5. The predicted molar refractivity (Wildman–Crippen MR) is 185 cm³/mol. The van der Waals surface area contributed by atoms with Crippen LogP contribution in [-0.2, 0) is 6.54 Å². The predicted octanol–water partition coefficient (Wildman–Crippen LogP) is 7.39. The number of rotatable bonds is 13. The molecular formula is C36H40ClFN8O. The maximum Gasteiger partial charge on any atom is 0.123 e. The highest BCUT2D eigenvalue weighted by Crippen LogP contribution is 2.37. The number of aryl methyl sites for hydroxylation is 1. The Kier molecular flexibility index (Phi) is 10.3. The van der Waals surface area contributed by atoms with Crippen LogP contribution in [0.3, 0.4) is 0 Å². The molecule has 0 spiro atoms. The zero-order valence-electron chi connectivity index (χ0n) is 27.9. The molecule has 47 heavy (non-hydrogen) atoms. The van der Waals surface area contributed by atoms with Crippen LogP contribution in [0.25, 0.3) is 10.9 Å². The van der Waals surface area contributed by atoms with Crippen LogP contribution in [0.15, 0.2) is 79.1 Å². The summed E-state index contributed by atoms with van der Waals surface area (Å²) in [6, 6.07) is 19.5. The van der Waals surface area contributed by atoms with Crippen LogP contribution < -0.4 is 16.0 Å². The molecule has 0 fully saturated rings. The lowest BCUT2D eigenvalue weighted by Gasteiger charge is -2.23. The molecular weight excluding hydrogens is 615 g/mol. The number of halogens is 2. The van der Waals surface area contributed by atoms with Crippen molar-refractivity contribution < 1.29 is 10.9 Å². The van der Waals surface area contributed by atoms with Gasteiger partial charge in [-0.3, -0.25) is 9.67 Å². The standard InChI is InChI=1S/C36H40ClFN8O/c1-5-31(23-9-7-6-8-10-23)43-33-25(19-39)20-40-35-29(33)17-27(18-30(35)37)42-34(24-11-13-26(38)14-12-24)32-22-46(45-44-32)16-15-28(47)21-41-36(2,3)4/h6-14,17-18,20,22,28,31,34,41-42,47H,5,15-16,21H2,1-4H3,(H,40,43)/t28?,31-,34-/m1/s1/i34D. The highest BCUT2D eigenvalue weighted by molar-refractivity contribution is 6.35. The number of pyridine rings is 1. The first-order chi connectivity index (χ1) is 22.9. The molecule has 0 saturated heterocycles. The number of benzene rings is 3. The van der Waals surface area contributed by atoms with Crippen molar-refractivity contribution in [1.29, 1.82) is 5.26 Å². The van der Waals surface area contributed by atoms with Gasteiger partial charge >= 0.3 is 0 Å². The Morgan fingerprint density at radius 3 is 2.51 bits per heavy atom. The highest BCUT2D eigenvalue weighted by atomic mass is 35.5. The summed E-state index contributed by atoms with van der Waals surface area (Å²) < 4.78 is 25.3. The van der Waals surface area contributed by atoms with E-state index in [1.807, 2.05) is 51.1 Å². The van der Waals surface area contributed by atoms with Gasteiger partial charge in [0.05, 0.1) is 47.5 Å². The van der Waals surface area contributed by atoms with E-state index in [1.54, 1.807) is 23.0 Å². The molecule has 2 aromatic heterocycles. The summed E-state index contributed by atoms with van der Waals surface area (Å²) in [7, 11) is 0. The summed E-state index contributed by atoms with van der Waals surface area (Å²) in [5.74, 6) is -0.439. The summed E-state index contributed by atoms with van der Waals surface area (Å²) in [4.78, 5) is 4.48. The summed E-state index contributed by atoms with van der Waals surface area (Å²) in [5, 5.41) is 40.1. The molecule has 0 aliphatic rings. The van der Waals surface area contributed by atoms with Crippen molar-refractivity contribution in [2.75, 3.05) is 17.2 Å². The van der Waals surface area contributed by atoms with Crippen molar-refractivity contribution in [3.63, 3.8) is 0 Å². The third-order valence-electron chi connectivity index (χ3n) is 7.73. The normalized spacial score (nSPS) is 14.6. The molecule has 0 bridgehead atoms. The van der Waals surface area contributed by atoms with Crippen molar-refractivity contribution in [2.45, 2.75) is 70.8 Å². The Morgan fingerprint density at radius 2 is 1.83 bits per heavy atom. The third kappa shape index (κ3) is 8.63. The van der Waals surface area contributed by atoms with E-state index < -0.39 is 17.9 Å². The summed E-state index contributed by atoms with van der Waals surface area (Å²) in [5.41, 5.74) is 3.49. The van der Waals surface area contributed by atoms with Crippen LogP contribution in [0.1, 0.15) is 76.4 Å². The molecule has 2 heterocycles. The van der Waals surface area contributed by atoms with E-state index in [4.69, 9.17) is 11.6 Å². The van der Waals surface area contributed by atoms with Gasteiger partial charge in [-0.1, -0.05) is 66.2 Å². The van der Waals surface area contributed by atoms with Gasteiger partial charge in [-0.05, 0) is 69.0 Å². The van der Waals surface area contributed by atoms with E-state index in [9.17, 15) is 16.1 Å². The molecule has 0 aliphatic carbocycles. The van der Waals surface area contributed by atoms with Crippen LogP contribution in [0, 0.1) is 17.1 Å². The van der Waals surface area contributed by atoms with E-state index >= 15 is 0 Å². The Morgan fingerprint density at radius 1 is 1.09 bits per heavy atom. The van der Waals surface area contributed by atoms with Crippen molar-refractivity contribution in [3.8, 4) is 6.07 Å². The number of nitriles is 1. The number of nitrogens with one attached hydrogen (secondary N) is 3. The SMILES string of the molecule is [2H][C@@](Nc1cc(Cl)c2ncc(C#N)c(N[C@H](CC)c3ccccc3)c2c1)(c1ccc(F)cc1)c1cn(CCC(O)CNC(C)(C)C)nn1. The van der Waals surface area contributed by atoms with Gasteiger partial charge in [-0.25, -0.2) is 4.39 Å². The maximum atomic E-state index is 14.0. The Hall–Kier alpha value is -4.56. The molecule has 0 saturated carbocycles. The minimum absolute atomic E-state index is 0.0911. The van der Waals surface area contributed by atoms with Gasteiger partial charge in [0.2, 0.25) is 0 Å². The van der Waals surface area contributed by atoms with Gasteiger partial charge in [0.25, 0.3) is 0 Å². The third-order valence-corrected chi connectivity index (χ3v) is 8.02. The molecule has 5 aromatic rings. The number of anilines is 2. The molecule has 1 unspecified atom stereocenters. The van der Waals surface area contributed by atoms with Crippen molar-refractivity contribution >= 4 is 33.9 Å². The second-order valence-electron chi connectivity index (χ2n) is 12.5. The van der Waals surface area contributed by atoms with Gasteiger partial charge in [0.15, 0.2) is 0 Å². The average Bonchev–Trinajstić information content (AvgIpc) is 3.55. The first-order valence-electron chi connectivity index (χ1n) is 16.1. The van der Waals surface area contributed by atoms with E-state index in [0.717, 1.165) is 12.0 Å². The number of hydrogen-bond donors (Lipinski definition) is 4. The minimum Gasteiger partial charge on any atom is -0.392 e. The Bertz CT molecular complexity index is 1890. The average molecular weight is 656 g/mol. The lowest BCUT2D eigenvalue weighted by Crippen LogP contribution is -2.41. The first kappa shape index (κ1) is 32.4. The monoisotopic (exact) mass is 655 g/mol. The Labute approximate surface area is 281 Å². The van der Waals surface area contributed by atoms with E-state index in [-0.39, 0.29) is 17.3 Å². The van der Waals surface area contributed by atoms with Gasteiger partial charge in [0, 0.05) is 35.9 Å². The fraction of sp³-hybridized carbons (Fsp3) is 0.333. The minimum atomic E-state index is -1.72. The van der Waals surface area contributed by atoms with E-state index in [0.29, 0.717) is 57.9 Å². The molecule has 11 heteroatoms. The van der Waals surface area contributed by atoms with Gasteiger partial charge in [0.1, 0.15) is 17.6 Å². The maximum absolute atomic E-state index is 14.0. The molecule has 0 radical (unpaired) electrons. The smallest absolute Gasteiger partial charge is 0.123 e.